The lowest BCUT2D eigenvalue weighted by atomic mass is 10.1. The zero-order valence-electron chi connectivity index (χ0n) is 11.1. The lowest BCUT2D eigenvalue weighted by molar-refractivity contribution is 1.09. The molecule has 0 radical (unpaired) electrons. The Morgan fingerprint density at radius 1 is 1.00 bits per heavy atom. The molecule has 1 heterocycles. The Kier molecular flexibility index (Phi) is 8.14. The number of benzene rings is 1. The van der Waals surface area contributed by atoms with E-state index in [9.17, 15) is 0 Å². The average molecular weight is 217 g/mol. The molecule has 2 aromatic rings. The topological polar surface area (TPSA) is 12.9 Å². The fourth-order valence-electron chi connectivity index (χ4n) is 1.26. The third-order valence-electron chi connectivity index (χ3n) is 1.86. The van der Waals surface area contributed by atoms with Gasteiger partial charge in [-0.05, 0) is 24.6 Å². The molecule has 0 saturated carbocycles. The molecule has 0 unspecified atom stereocenters. The van der Waals surface area contributed by atoms with Crippen molar-refractivity contribution in [3.8, 4) is 0 Å². The summed E-state index contributed by atoms with van der Waals surface area (Å²) in [5, 5.41) is 1.25. The van der Waals surface area contributed by atoms with Crippen LogP contribution in [-0.2, 0) is 0 Å². The van der Waals surface area contributed by atoms with Gasteiger partial charge in [0.15, 0.2) is 0 Å². The molecule has 0 aliphatic rings. The zero-order valence-corrected chi connectivity index (χ0v) is 11.1. The number of hydrogen-bond donors (Lipinski definition) is 0. The van der Waals surface area contributed by atoms with Gasteiger partial charge in [0.25, 0.3) is 0 Å². The minimum absolute atomic E-state index is 1.08. The number of pyridine rings is 1. The second-order valence-electron chi connectivity index (χ2n) is 3.35. The summed E-state index contributed by atoms with van der Waals surface area (Å²) in [5.41, 5.74) is 2.36. The highest BCUT2D eigenvalue weighted by Gasteiger charge is 1.93. The predicted octanol–water partition coefficient (Wildman–Crippen LogP) is 4.99. The molecule has 1 nitrogen and oxygen atoms in total. The van der Waals surface area contributed by atoms with Crippen LogP contribution in [0.3, 0.4) is 0 Å². The molecule has 1 aromatic heterocycles. The Bertz CT molecular complexity index is 388. The van der Waals surface area contributed by atoms with E-state index in [-0.39, 0.29) is 0 Å². The van der Waals surface area contributed by atoms with Gasteiger partial charge in [-0.3, -0.25) is 4.98 Å². The molecule has 0 atom stereocenters. The van der Waals surface area contributed by atoms with Crippen molar-refractivity contribution in [2.24, 2.45) is 0 Å². The molecule has 16 heavy (non-hydrogen) atoms. The molecular formula is C15H23N. The second-order valence-corrected chi connectivity index (χ2v) is 3.35. The van der Waals surface area contributed by atoms with E-state index in [0.29, 0.717) is 0 Å². The summed E-state index contributed by atoms with van der Waals surface area (Å²) in [4.78, 5) is 4.24. The van der Waals surface area contributed by atoms with Gasteiger partial charge in [0.2, 0.25) is 0 Å². The Balaban J connectivity index is 0.000000394. The van der Waals surface area contributed by atoms with Crippen LogP contribution in [0.1, 0.15) is 39.7 Å². The van der Waals surface area contributed by atoms with Gasteiger partial charge in [-0.1, -0.05) is 52.3 Å². The summed E-state index contributed by atoms with van der Waals surface area (Å²) in [5.74, 6) is 0. The molecule has 0 spiro atoms. The number of aromatic nitrogens is 1. The normalized spacial score (nSPS) is 8.56. The van der Waals surface area contributed by atoms with Crippen LogP contribution in [0.5, 0.6) is 0 Å². The minimum atomic E-state index is 1.08. The molecule has 1 heteroatoms. The summed E-state index contributed by atoms with van der Waals surface area (Å²) in [6.45, 7) is 10.4. The van der Waals surface area contributed by atoms with E-state index in [1.165, 1.54) is 17.4 Å². The Labute approximate surface area is 99.5 Å². The van der Waals surface area contributed by atoms with E-state index < -0.39 is 0 Å². The Morgan fingerprint density at radius 2 is 1.62 bits per heavy atom. The van der Waals surface area contributed by atoms with Crippen molar-refractivity contribution in [3.05, 3.63) is 42.1 Å². The van der Waals surface area contributed by atoms with Crippen molar-refractivity contribution in [1.29, 1.82) is 0 Å². The van der Waals surface area contributed by atoms with E-state index in [2.05, 4.69) is 37.9 Å². The largest absolute Gasteiger partial charge is 0.256 e. The van der Waals surface area contributed by atoms with Crippen LogP contribution >= 0.6 is 0 Å². The monoisotopic (exact) mass is 217 g/mol. The smallest absolute Gasteiger partial charge is 0.0704 e. The second kappa shape index (κ2) is 8.90. The van der Waals surface area contributed by atoms with Gasteiger partial charge in [-0.25, -0.2) is 0 Å². The standard InChI is InChI=1S/C10H9N.C3H8.C2H6/c1-8-4-2-6-10-9(8)5-3-7-11-10;1-3-2;1-2/h2-7H,1H3;3H2,1-2H3;1-2H3. The molecule has 0 aliphatic heterocycles. The third-order valence-corrected chi connectivity index (χ3v) is 1.86. The van der Waals surface area contributed by atoms with Crippen LogP contribution < -0.4 is 0 Å². The van der Waals surface area contributed by atoms with Crippen molar-refractivity contribution in [1.82, 2.24) is 4.98 Å². The summed E-state index contributed by atoms with van der Waals surface area (Å²) >= 11 is 0. The lowest BCUT2D eigenvalue weighted by Gasteiger charge is -1.97. The van der Waals surface area contributed by atoms with E-state index in [0.717, 1.165) is 5.52 Å². The van der Waals surface area contributed by atoms with Gasteiger partial charge >= 0.3 is 0 Å². The zero-order chi connectivity index (χ0) is 12.4. The molecule has 2 rings (SSSR count). The molecule has 1 aromatic carbocycles. The van der Waals surface area contributed by atoms with E-state index in [1.54, 1.807) is 0 Å². The molecule has 0 saturated heterocycles. The maximum atomic E-state index is 4.24. The quantitative estimate of drug-likeness (QED) is 0.606. The summed E-state index contributed by atoms with van der Waals surface area (Å²) in [7, 11) is 0. The number of fused-ring (bicyclic) bond motifs is 1. The fourth-order valence-corrected chi connectivity index (χ4v) is 1.26. The van der Waals surface area contributed by atoms with Crippen molar-refractivity contribution in [3.63, 3.8) is 0 Å². The predicted molar refractivity (Wildman–Crippen MR) is 73.8 cm³/mol. The third kappa shape index (κ3) is 4.43. The van der Waals surface area contributed by atoms with Gasteiger partial charge in [-0.15, -0.1) is 0 Å². The maximum Gasteiger partial charge on any atom is 0.0704 e. The van der Waals surface area contributed by atoms with Crippen LogP contribution in [0.15, 0.2) is 36.5 Å². The summed E-state index contributed by atoms with van der Waals surface area (Å²) in [6, 6.07) is 10.2. The Morgan fingerprint density at radius 3 is 2.19 bits per heavy atom. The molecule has 0 amide bonds. The van der Waals surface area contributed by atoms with Crippen molar-refractivity contribution >= 4 is 10.9 Å². The highest BCUT2D eigenvalue weighted by molar-refractivity contribution is 5.81. The minimum Gasteiger partial charge on any atom is -0.256 e. The maximum absolute atomic E-state index is 4.24. The first-order valence-electron chi connectivity index (χ1n) is 6.10. The molecule has 0 fully saturated rings. The van der Waals surface area contributed by atoms with E-state index in [4.69, 9.17) is 0 Å². The van der Waals surface area contributed by atoms with E-state index in [1.807, 2.05) is 38.2 Å². The van der Waals surface area contributed by atoms with Crippen molar-refractivity contribution in [2.75, 3.05) is 0 Å². The average Bonchev–Trinajstić information content (AvgIpc) is 2.33. The van der Waals surface area contributed by atoms with Gasteiger partial charge in [-0.2, -0.15) is 0 Å². The van der Waals surface area contributed by atoms with Crippen LogP contribution in [0, 0.1) is 6.92 Å². The first kappa shape index (κ1) is 14.6. The van der Waals surface area contributed by atoms with Crippen molar-refractivity contribution in [2.45, 2.75) is 41.0 Å². The number of hydrogen-bond acceptors (Lipinski definition) is 1. The molecular weight excluding hydrogens is 194 g/mol. The van der Waals surface area contributed by atoms with Gasteiger partial charge in [0.05, 0.1) is 5.52 Å². The number of aryl methyl sites for hydroxylation is 1. The number of nitrogens with zero attached hydrogens (tertiary/aromatic N) is 1. The SMILES string of the molecule is CC.CCC.Cc1cccc2ncccc12. The first-order valence-corrected chi connectivity index (χ1v) is 6.10. The highest BCUT2D eigenvalue weighted by Crippen LogP contribution is 2.14. The lowest BCUT2D eigenvalue weighted by Crippen LogP contribution is -1.79. The highest BCUT2D eigenvalue weighted by atomic mass is 14.6. The summed E-state index contributed by atoms with van der Waals surface area (Å²) < 4.78 is 0. The van der Waals surface area contributed by atoms with Crippen LogP contribution in [0.4, 0.5) is 0 Å². The van der Waals surface area contributed by atoms with Gasteiger partial charge in [0, 0.05) is 11.6 Å². The van der Waals surface area contributed by atoms with E-state index >= 15 is 0 Å². The molecule has 88 valence electrons. The number of rotatable bonds is 0. The van der Waals surface area contributed by atoms with Gasteiger partial charge < -0.3 is 0 Å². The molecule has 0 bridgehead atoms. The first-order chi connectivity index (χ1) is 7.79. The van der Waals surface area contributed by atoms with Crippen molar-refractivity contribution < 1.29 is 0 Å². The van der Waals surface area contributed by atoms with Gasteiger partial charge in [0.1, 0.15) is 0 Å². The Hall–Kier alpha value is -1.37. The molecule has 0 N–H and O–H groups in total. The molecule has 0 aliphatic carbocycles. The van der Waals surface area contributed by atoms with Crippen LogP contribution in [0.2, 0.25) is 0 Å². The fraction of sp³-hybridized carbons (Fsp3) is 0.400. The van der Waals surface area contributed by atoms with Crippen LogP contribution in [-0.4, -0.2) is 4.98 Å². The summed E-state index contributed by atoms with van der Waals surface area (Å²) in [6.07, 6.45) is 3.07. The van der Waals surface area contributed by atoms with Crippen LogP contribution in [0.25, 0.3) is 10.9 Å².